The summed E-state index contributed by atoms with van der Waals surface area (Å²) >= 11 is 0. The molecular formula is C19H27N3O4. The molecule has 1 aromatic rings. The molecule has 2 aliphatic rings. The maximum atomic E-state index is 13.1. The van der Waals surface area contributed by atoms with Crippen LogP contribution in [-0.2, 0) is 9.47 Å². The smallest absolute Gasteiger partial charge is 0.409 e. The third-order valence-electron chi connectivity index (χ3n) is 5.08. The summed E-state index contributed by atoms with van der Waals surface area (Å²) in [6.07, 6.45) is 5.54. The first-order valence-electron chi connectivity index (χ1n) is 9.39. The second-order valence-corrected chi connectivity index (χ2v) is 6.85. The van der Waals surface area contributed by atoms with Crippen LogP contribution in [0.1, 0.15) is 36.5 Å². The van der Waals surface area contributed by atoms with Gasteiger partial charge in [-0.05, 0) is 38.3 Å². The summed E-state index contributed by atoms with van der Waals surface area (Å²) in [4.78, 5) is 32.8. The monoisotopic (exact) mass is 361 g/mol. The van der Waals surface area contributed by atoms with Gasteiger partial charge < -0.3 is 19.3 Å². The van der Waals surface area contributed by atoms with Crippen molar-refractivity contribution in [2.24, 2.45) is 5.92 Å². The summed E-state index contributed by atoms with van der Waals surface area (Å²) in [7, 11) is 0. The second-order valence-electron chi connectivity index (χ2n) is 6.85. The summed E-state index contributed by atoms with van der Waals surface area (Å²) in [5, 5.41) is 0. The molecule has 1 aromatic heterocycles. The molecule has 0 spiro atoms. The first kappa shape index (κ1) is 18.6. The van der Waals surface area contributed by atoms with E-state index >= 15 is 0 Å². The maximum absolute atomic E-state index is 13.1. The molecule has 26 heavy (non-hydrogen) atoms. The average Bonchev–Trinajstić information content (AvgIpc) is 3.20. The van der Waals surface area contributed by atoms with Crippen molar-refractivity contribution in [1.82, 2.24) is 14.8 Å². The standard InChI is InChI=1S/C19H27N3O4/c1-2-26-19(24)21-9-5-17(6-10-21)22(13-15-7-11-25-14-15)18(23)16-4-3-8-20-12-16/h3-4,8,12,15,17H,2,5-7,9-11,13-14H2,1H3/t15-/m1/s1. The van der Waals surface area contributed by atoms with Crippen molar-refractivity contribution in [3.8, 4) is 0 Å². The predicted molar refractivity (Wildman–Crippen MR) is 95.8 cm³/mol. The van der Waals surface area contributed by atoms with Crippen LogP contribution in [0.4, 0.5) is 4.79 Å². The van der Waals surface area contributed by atoms with Gasteiger partial charge in [0.25, 0.3) is 5.91 Å². The first-order valence-corrected chi connectivity index (χ1v) is 9.39. The molecule has 0 aliphatic carbocycles. The Kier molecular flexibility index (Phi) is 6.44. The van der Waals surface area contributed by atoms with Crippen LogP contribution in [0, 0.1) is 5.92 Å². The van der Waals surface area contributed by atoms with Crippen LogP contribution in [0.25, 0.3) is 0 Å². The third-order valence-corrected chi connectivity index (χ3v) is 5.08. The van der Waals surface area contributed by atoms with Crippen LogP contribution in [0.2, 0.25) is 0 Å². The number of carbonyl (C=O) groups excluding carboxylic acids is 2. The zero-order chi connectivity index (χ0) is 18.4. The van der Waals surface area contributed by atoms with Crippen molar-refractivity contribution in [2.45, 2.75) is 32.2 Å². The van der Waals surface area contributed by atoms with E-state index in [1.165, 1.54) is 0 Å². The lowest BCUT2D eigenvalue weighted by Crippen LogP contribution is -2.50. The Morgan fingerprint density at radius 1 is 1.35 bits per heavy atom. The topological polar surface area (TPSA) is 72.0 Å². The fourth-order valence-corrected chi connectivity index (χ4v) is 3.63. The number of hydrogen-bond acceptors (Lipinski definition) is 5. The minimum atomic E-state index is -0.264. The fraction of sp³-hybridized carbons (Fsp3) is 0.632. The predicted octanol–water partition coefficient (Wildman–Crippen LogP) is 2.18. The normalized spacial score (nSPS) is 20.8. The van der Waals surface area contributed by atoms with Gasteiger partial charge in [-0.2, -0.15) is 0 Å². The van der Waals surface area contributed by atoms with E-state index in [0.717, 1.165) is 25.9 Å². The molecular weight excluding hydrogens is 334 g/mol. The highest BCUT2D eigenvalue weighted by Crippen LogP contribution is 2.23. The number of likely N-dealkylation sites (tertiary alicyclic amines) is 1. The van der Waals surface area contributed by atoms with Crippen molar-refractivity contribution in [2.75, 3.05) is 39.5 Å². The molecule has 2 saturated heterocycles. The SMILES string of the molecule is CCOC(=O)N1CCC(N(C[C@H]2CCOC2)C(=O)c2cccnc2)CC1. The van der Waals surface area contributed by atoms with Crippen molar-refractivity contribution in [1.29, 1.82) is 0 Å². The minimum Gasteiger partial charge on any atom is -0.450 e. The summed E-state index contributed by atoms with van der Waals surface area (Å²) < 4.78 is 10.6. The molecule has 142 valence electrons. The largest absolute Gasteiger partial charge is 0.450 e. The van der Waals surface area contributed by atoms with E-state index in [9.17, 15) is 9.59 Å². The quantitative estimate of drug-likeness (QED) is 0.804. The molecule has 1 atom stereocenters. The zero-order valence-electron chi connectivity index (χ0n) is 15.3. The Bertz CT molecular complexity index is 596. The van der Waals surface area contributed by atoms with Gasteiger partial charge in [0.15, 0.2) is 0 Å². The number of hydrogen-bond donors (Lipinski definition) is 0. The lowest BCUT2D eigenvalue weighted by atomic mass is 9.99. The summed E-state index contributed by atoms with van der Waals surface area (Å²) in [6.45, 7) is 5.58. The molecule has 0 N–H and O–H groups in total. The van der Waals surface area contributed by atoms with Crippen LogP contribution in [-0.4, -0.2) is 72.3 Å². The Balaban J connectivity index is 1.67. The molecule has 0 bridgehead atoms. The van der Waals surface area contributed by atoms with E-state index in [4.69, 9.17) is 9.47 Å². The van der Waals surface area contributed by atoms with Gasteiger partial charge in [0, 0.05) is 50.6 Å². The number of amides is 2. The van der Waals surface area contributed by atoms with E-state index < -0.39 is 0 Å². The maximum Gasteiger partial charge on any atom is 0.409 e. The van der Waals surface area contributed by atoms with E-state index in [1.807, 2.05) is 11.8 Å². The van der Waals surface area contributed by atoms with Crippen molar-refractivity contribution >= 4 is 12.0 Å². The van der Waals surface area contributed by atoms with E-state index in [-0.39, 0.29) is 18.0 Å². The van der Waals surface area contributed by atoms with Crippen LogP contribution in [0.15, 0.2) is 24.5 Å². The summed E-state index contributed by atoms with van der Waals surface area (Å²) in [5.41, 5.74) is 0.610. The number of carbonyl (C=O) groups is 2. The van der Waals surface area contributed by atoms with E-state index in [1.54, 1.807) is 29.4 Å². The van der Waals surface area contributed by atoms with E-state index in [2.05, 4.69) is 4.98 Å². The first-order chi connectivity index (χ1) is 12.7. The molecule has 2 fully saturated rings. The fourth-order valence-electron chi connectivity index (χ4n) is 3.63. The number of nitrogens with zero attached hydrogens (tertiary/aromatic N) is 3. The highest BCUT2D eigenvalue weighted by atomic mass is 16.6. The Labute approximate surface area is 154 Å². The van der Waals surface area contributed by atoms with Gasteiger partial charge in [-0.15, -0.1) is 0 Å². The Morgan fingerprint density at radius 3 is 2.77 bits per heavy atom. The molecule has 3 heterocycles. The van der Waals surface area contributed by atoms with Crippen LogP contribution >= 0.6 is 0 Å². The zero-order valence-corrected chi connectivity index (χ0v) is 15.3. The number of piperidine rings is 1. The number of rotatable bonds is 5. The van der Waals surface area contributed by atoms with Crippen LogP contribution in [0.3, 0.4) is 0 Å². The molecule has 2 aliphatic heterocycles. The van der Waals surface area contributed by atoms with Crippen molar-refractivity contribution in [3.05, 3.63) is 30.1 Å². The molecule has 7 nitrogen and oxygen atoms in total. The van der Waals surface area contributed by atoms with Crippen LogP contribution < -0.4 is 0 Å². The molecule has 7 heteroatoms. The van der Waals surface area contributed by atoms with Gasteiger partial charge >= 0.3 is 6.09 Å². The molecule has 0 saturated carbocycles. The second kappa shape index (κ2) is 8.98. The van der Waals surface area contributed by atoms with Crippen molar-refractivity contribution < 1.29 is 19.1 Å². The number of pyridine rings is 1. The van der Waals surface area contributed by atoms with Crippen molar-refractivity contribution in [3.63, 3.8) is 0 Å². The average molecular weight is 361 g/mol. The van der Waals surface area contributed by atoms with Gasteiger partial charge in [0.05, 0.1) is 18.8 Å². The molecule has 3 rings (SSSR count). The van der Waals surface area contributed by atoms with Gasteiger partial charge in [0.1, 0.15) is 0 Å². The number of aromatic nitrogens is 1. The third kappa shape index (κ3) is 4.52. The summed E-state index contributed by atoms with van der Waals surface area (Å²) in [6, 6.07) is 3.71. The highest BCUT2D eigenvalue weighted by molar-refractivity contribution is 5.94. The molecule has 0 aromatic carbocycles. The van der Waals surface area contributed by atoms with E-state index in [0.29, 0.717) is 44.3 Å². The Hall–Kier alpha value is -2.15. The number of ether oxygens (including phenoxy) is 2. The van der Waals surface area contributed by atoms with Gasteiger partial charge in [0.2, 0.25) is 0 Å². The lowest BCUT2D eigenvalue weighted by molar-refractivity contribution is 0.0486. The molecule has 0 unspecified atom stereocenters. The molecule has 2 amide bonds. The van der Waals surface area contributed by atoms with Gasteiger partial charge in [-0.1, -0.05) is 0 Å². The Morgan fingerprint density at radius 2 is 2.15 bits per heavy atom. The lowest BCUT2D eigenvalue weighted by Gasteiger charge is -2.39. The van der Waals surface area contributed by atoms with Gasteiger partial charge in [-0.25, -0.2) is 4.79 Å². The van der Waals surface area contributed by atoms with Gasteiger partial charge in [-0.3, -0.25) is 9.78 Å². The summed E-state index contributed by atoms with van der Waals surface area (Å²) in [5.74, 6) is 0.387. The highest BCUT2D eigenvalue weighted by Gasteiger charge is 2.32. The minimum absolute atomic E-state index is 0.0135. The molecule has 0 radical (unpaired) electrons. The van der Waals surface area contributed by atoms with Crippen LogP contribution in [0.5, 0.6) is 0 Å².